The van der Waals surface area contributed by atoms with Gasteiger partial charge < -0.3 is 24.2 Å². The van der Waals surface area contributed by atoms with Crippen molar-refractivity contribution < 1.29 is 23.7 Å². The maximum absolute atomic E-state index is 11.8. The van der Waals surface area contributed by atoms with Crippen LogP contribution in [-0.4, -0.2) is 45.6 Å². The largest absolute Gasteiger partial charge is 0.461 e. The molecular formula is C26H26N4O5. The molecule has 4 aromatic rings. The van der Waals surface area contributed by atoms with Crippen LogP contribution in [0.4, 0.5) is 0 Å². The van der Waals surface area contributed by atoms with E-state index in [1.807, 2.05) is 30.3 Å². The fourth-order valence-electron chi connectivity index (χ4n) is 3.91. The lowest BCUT2D eigenvalue weighted by Crippen LogP contribution is -2.49. The molecule has 1 aliphatic heterocycles. The average Bonchev–Trinajstić information content (AvgIpc) is 3.50. The van der Waals surface area contributed by atoms with Gasteiger partial charge in [-0.3, -0.25) is 4.79 Å². The van der Waals surface area contributed by atoms with Crippen LogP contribution in [0.1, 0.15) is 37.0 Å². The monoisotopic (exact) mass is 474 g/mol. The summed E-state index contributed by atoms with van der Waals surface area (Å²) in [5, 5.41) is 21.7. The quantitative estimate of drug-likeness (QED) is 0.347. The zero-order valence-electron chi connectivity index (χ0n) is 19.3. The number of nitrogens with one attached hydrogen (secondary N) is 1. The maximum Gasteiger partial charge on any atom is 0.323 e. The molecule has 1 aliphatic rings. The first-order chi connectivity index (χ1) is 17.1. The topological polar surface area (TPSA) is 124 Å². The zero-order valence-corrected chi connectivity index (χ0v) is 19.3. The molecule has 180 valence electrons. The fraction of sp³-hybridized carbons (Fsp3) is 0.308. The smallest absolute Gasteiger partial charge is 0.323 e. The number of carbonyl (C=O) groups excluding carboxylic acids is 1. The van der Waals surface area contributed by atoms with Crippen LogP contribution in [0.2, 0.25) is 0 Å². The minimum absolute atomic E-state index is 0.0984. The van der Waals surface area contributed by atoms with Gasteiger partial charge in [0.05, 0.1) is 0 Å². The van der Waals surface area contributed by atoms with Gasteiger partial charge in [0.15, 0.2) is 11.5 Å². The first-order valence-corrected chi connectivity index (χ1v) is 11.7. The summed E-state index contributed by atoms with van der Waals surface area (Å²) < 4.78 is 16.4. The molecule has 1 unspecified atom stereocenters. The van der Waals surface area contributed by atoms with Crippen LogP contribution in [0.25, 0.3) is 34.3 Å². The lowest BCUT2D eigenvalue weighted by molar-refractivity contribution is -0.151. The van der Waals surface area contributed by atoms with Gasteiger partial charge in [-0.25, -0.2) is 0 Å². The van der Waals surface area contributed by atoms with Crippen molar-refractivity contribution in [3.63, 3.8) is 0 Å². The third kappa shape index (κ3) is 4.87. The van der Waals surface area contributed by atoms with Crippen molar-refractivity contribution in [2.45, 2.75) is 38.3 Å². The molecule has 0 amide bonds. The summed E-state index contributed by atoms with van der Waals surface area (Å²) in [6.45, 7) is 2.80. The number of nitrogens with zero attached hydrogens (tertiary/aromatic N) is 3. The summed E-state index contributed by atoms with van der Waals surface area (Å²) in [4.78, 5) is 16.4. The number of aromatic nitrogens is 3. The lowest BCUT2D eigenvalue weighted by atomic mass is 10.0. The third-order valence-electron chi connectivity index (χ3n) is 6.00. The van der Waals surface area contributed by atoms with Crippen molar-refractivity contribution in [2.75, 3.05) is 13.2 Å². The van der Waals surface area contributed by atoms with E-state index in [0.29, 0.717) is 22.8 Å². The van der Waals surface area contributed by atoms with Crippen LogP contribution in [0.15, 0.2) is 63.6 Å². The van der Waals surface area contributed by atoms with Crippen molar-refractivity contribution in [1.82, 2.24) is 20.6 Å². The summed E-state index contributed by atoms with van der Waals surface area (Å²) in [6, 6.07) is 16.6. The Hall–Kier alpha value is -3.82. The van der Waals surface area contributed by atoms with Crippen molar-refractivity contribution in [3.05, 3.63) is 65.7 Å². The summed E-state index contributed by atoms with van der Waals surface area (Å²) in [5.41, 5.74) is 3.76. The van der Waals surface area contributed by atoms with E-state index in [2.05, 4.69) is 27.5 Å². The molecule has 0 saturated carbocycles. The van der Waals surface area contributed by atoms with E-state index < -0.39 is 6.10 Å². The van der Waals surface area contributed by atoms with E-state index in [0.717, 1.165) is 42.5 Å². The first-order valence-electron chi connectivity index (χ1n) is 11.7. The van der Waals surface area contributed by atoms with Crippen LogP contribution in [0, 0.1) is 0 Å². The Kier molecular flexibility index (Phi) is 6.69. The Morgan fingerprint density at radius 1 is 1.11 bits per heavy atom. The molecule has 0 aliphatic carbocycles. The molecule has 0 spiro atoms. The van der Waals surface area contributed by atoms with Crippen molar-refractivity contribution >= 4 is 5.97 Å². The highest BCUT2D eigenvalue weighted by molar-refractivity contribution is 5.76. The molecule has 2 aromatic heterocycles. The molecule has 35 heavy (non-hydrogen) atoms. The molecule has 2 N–H and O–H groups in total. The van der Waals surface area contributed by atoms with E-state index in [9.17, 15) is 9.90 Å². The van der Waals surface area contributed by atoms with Gasteiger partial charge in [-0.2, -0.15) is 4.98 Å². The normalized spacial score (nSPS) is 16.0. The molecule has 2 atom stereocenters. The van der Waals surface area contributed by atoms with E-state index in [4.69, 9.17) is 13.8 Å². The lowest BCUT2D eigenvalue weighted by Gasteiger charge is -2.25. The summed E-state index contributed by atoms with van der Waals surface area (Å²) in [6.07, 6.45) is 1.51. The van der Waals surface area contributed by atoms with E-state index in [1.54, 1.807) is 24.3 Å². The Labute approximate surface area is 202 Å². The zero-order chi connectivity index (χ0) is 24.2. The number of hydrogen-bond acceptors (Lipinski definition) is 9. The predicted octanol–water partition coefficient (Wildman–Crippen LogP) is 3.95. The van der Waals surface area contributed by atoms with Gasteiger partial charge in [0.1, 0.15) is 18.8 Å². The number of aliphatic hydroxyl groups is 1. The van der Waals surface area contributed by atoms with Gasteiger partial charge in [-0.15, -0.1) is 0 Å². The average molecular weight is 475 g/mol. The van der Waals surface area contributed by atoms with Crippen LogP contribution in [-0.2, 0) is 16.0 Å². The highest BCUT2D eigenvalue weighted by atomic mass is 16.5. The predicted molar refractivity (Wildman–Crippen MR) is 127 cm³/mol. The number of hydrogen-bond donors (Lipinski definition) is 2. The molecule has 5 rings (SSSR count). The Balaban J connectivity index is 1.31. The van der Waals surface area contributed by atoms with Gasteiger partial charge in [0, 0.05) is 16.7 Å². The van der Waals surface area contributed by atoms with E-state index >= 15 is 0 Å². The standard InChI is InChI=1S/C26H26N4O5/c1-2-6-19-22(29-34-23(19)17-7-4-3-5-8-17)25-28-24(30-35-25)18-11-9-16(10-12-18)21(31)15-33-26(32)20-13-14-27-20/h3-5,7-12,20-21,27,31H,2,6,13-15H2,1H3/t20?,21-/m1/s1. The molecule has 1 saturated heterocycles. The van der Waals surface area contributed by atoms with Gasteiger partial charge in [-0.05, 0) is 24.9 Å². The molecular weight excluding hydrogens is 448 g/mol. The van der Waals surface area contributed by atoms with Gasteiger partial charge in [-0.1, -0.05) is 78.3 Å². The summed E-state index contributed by atoms with van der Waals surface area (Å²) in [7, 11) is 0. The van der Waals surface area contributed by atoms with Crippen LogP contribution in [0.3, 0.4) is 0 Å². The van der Waals surface area contributed by atoms with Crippen molar-refractivity contribution in [1.29, 1.82) is 0 Å². The molecule has 3 heterocycles. The minimum Gasteiger partial charge on any atom is -0.461 e. The number of carbonyl (C=O) groups is 1. The number of ether oxygens (including phenoxy) is 1. The minimum atomic E-state index is -0.919. The van der Waals surface area contributed by atoms with E-state index in [1.165, 1.54) is 0 Å². The van der Waals surface area contributed by atoms with Gasteiger partial charge in [0.25, 0.3) is 5.89 Å². The molecule has 0 bridgehead atoms. The third-order valence-corrected chi connectivity index (χ3v) is 6.00. The van der Waals surface area contributed by atoms with Crippen molar-refractivity contribution in [2.24, 2.45) is 0 Å². The van der Waals surface area contributed by atoms with Crippen molar-refractivity contribution in [3.8, 4) is 34.3 Å². The second kappa shape index (κ2) is 10.2. The van der Waals surface area contributed by atoms with Gasteiger partial charge in [0.2, 0.25) is 5.82 Å². The number of benzene rings is 2. The van der Waals surface area contributed by atoms with Gasteiger partial charge >= 0.3 is 5.97 Å². The van der Waals surface area contributed by atoms with E-state index in [-0.39, 0.29) is 24.5 Å². The number of rotatable bonds is 9. The van der Waals surface area contributed by atoms with Crippen LogP contribution in [0.5, 0.6) is 0 Å². The van der Waals surface area contributed by atoms with Crippen LogP contribution < -0.4 is 5.32 Å². The maximum atomic E-state index is 11.8. The second-order valence-electron chi connectivity index (χ2n) is 8.44. The first kappa shape index (κ1) is 22.9. The fourth-order valence-corrected chi connectivity index (χ4v) is 3.91. The Morgan fingerprint density at radius 3 is 2.57 bits per heavy atom. The van der Waals surface area contributed by atoms with Crippen LogP contribution >= 0.6 is 0 Å². The Morgan fingerprint density at radius 2 is 1.89 bits per heavy atom. The number of aliphatic hydroxyl groups excluding tert-OH is 1. The second-order valence-corrected chi connectivity index (χ2v) is 8.44. The highest BCUT2D eigenvalue weighted by Crippen LogP contribution is 2.33. The summed E-state index contributed by atoms with van der Waals surface area (Å²) in [5.74, 6) is 1.05. The molecule has 0 radical (unpaired) electrons. The highest BCUT2D eigenvalue weighted by Gasteiger charge is 2.27. The summed E-state index contributed by atoms with van der Waals surface area (Å²) >= 11 is 0. The number of esters is 1. The molecule has 1 fully saturated rings. The SMILES string of the molecule is CCCc1c(-c2nc(-c3ccc([C@H](O)COC(=O)C4CCN4)cc3)no2)noc1-c1ccccc1. The molecule has 2 aromatic carbocycles. The Bertz CT molecular complexity index is 1280. The molecule has 9 nitrogen and oxygen atoms in total. The molecule has 9 heteroatoms.